The lowest BCUT2D eigenvalue weighted by molar-refractivity contribution is 0.402. The van der Waals surface area contributed by atoms with Crippen LogP contribution in [0.25, 0.3) is 0 Å². The number of hydrogen-bond donors (Lipinski definition) is 1. The van der Waals surface area contributed by atoms with Crippen LogP contribution in [-0.2, 0) is 6.54 Å². The van der Waals surface area contributed by atoms with Gasteiger partial charge in [0.15, 0.2) is 0 Å². The molecule has 0 fully saturated rings. The molecule has 0 aliphatic carbocycles. The van der Waals surface area contributed by atoms with E-state index in [4.69, 9.17) is 4.42 Å². The van der Waals surface area contributed by atoms with Crippen LogP contribution >= 0.6 is 0 Å². The summed E-state index contributed by atoms with van der Waals surface area (Å²) in [4.78, 5) is 2.16. The Morgan fingerprint density at radius 3 is 2.44 bits per heavy atom. The summed E-state index contributed by atoms with van der Waals surface area (Å²) in [5.41, 5.74) is 3.61. The molecule has 0 bridgehead atoms. The van der Waals surface area contributed by atoms with Crippen molar-refractivity contribution in [3.8, 4) is 0 Å². The van der Waals surface area contributed by atoms with Crippen molar-refractivity contribution in [2.45, 2.75) is 19.5 Å². The molecule has 0 saturated carbocycles. The van der Waals surface area contributed by atoms with E-state index in [0.29, 0.717) is 0 Å². The Morgan fingerprint density at radius 2 is 1.89 bits per heavy atom. The van der Waals surface area contributed by atoms with Gasteiger partial charge in [0, 0.05) is 17.8 Å². The third-order valence-corrected chi connectivity index (χ3v) is 2.88. The van der Waals surface area contributed by atoms with Crippen LogP contribution in [0.1, 0.15) is 24.1 Å². The Bertz CT molecular complexity index is 460. The molecule has 0 spiro atoms. The summed E-state index contributed by atoms with van der Waals surface area (Å²) in [7, 11) is 4.15. The van der Waals surface area contributed by atoms with Gasteiger partial charge in [0.25, 0.3) is 0 Å². The molecule has 1 aromatic carbocycles. The molecule has 2 rings (SSSR count). The summed E-state index contributed by atoms with van der Waals surface area (Å²) in [6.45, 7) is 3.09. The maximum atomic E-state index is 5.09. The molecule has 3 nitrogen and oxygen atoms in total. The predicted molar refractivity (Wildman–Crippen MR) is 74.6 cm³/mol. The number of nitrogens with one attached hydrogen (secondary N) is 1. The first-order valence-corrected chi connectivity index (χ1v) is 6.17. The summed E-state index contributed by atoms with van der Waals surface area (Å²) < 4.78 is 5.09. The van der Waals surface area contributed by atoms with Gasteiger partial charge in [-0.2, -0.15) is 0 Å². The second kappa shape index (κ2) is 5.74. The lowest BCUT2D eigenvalue weighted by Gasteiger charge is -2.15. The minimum atomic E-state index is 0.253. The minimum absolute atomic E-state index is 0.253. The molecular formula is C15H20N2O. The van der Waals surface area contributed by atoms with Crippen molar-refractivity contribution < 1.29 is 4.42 Å². The fourth-order valence-corrected chi connectivity index (χ4v) is 1.93. The van der Waals surface area contributed by atoms with Crippen LogP contribution in [0.15, 0.2) is 47.3 Å². The van der Waals surface area contributed by atoms with Gasteiger partial charge in [-0.3, -0.25) is 0 Å². The highest BCUT2D eigenvalue weighted by Gasteiger charge is 2.06. The molecule has 0 amide bonds. The number of benzene rings is 1. The van der Waals surface area contributed by atoms with Gasteiger partial charge < -0.3 is 14.6 Å². The van der Waals surface area contributed by atoms with Crippen LogP contribution in [0.3, 0.4) is 0 Å². The van der Waals surface area contributed by atoms with Gasteiger partial charge in [-0.15, -0.1) is 0 Å². The van der Waals surface area contributed by atoms with E-state index in [0.717, 1.165) is 17.8 Å². The monoisotopic (exact) mass is 244 g/mol. The van der Waals surface area contributed by atoms with E-state index in [2.05, 4.69) is 55.5 Å². The van der Waals surface area contributed by atoms with Crippen molar-refractivity contribution in [2.75, 3.05) is 19.4 Å². The van der Waals surface area contributed by atoms with Crippen molar-refractivity contribution in [2.24, 2.45) is 0 Å². The maximum Gasteiger partial charge on any atom is 0.0955 e. The molecule has 0 radical (unpaired) electrons. The van der Waals surface area contributed by atoms with Crippen LogP contribution in [0.4, 0.5) is 5.69 Å². The number of hydrogen-bond acceptors (Lipinski definition) is 3. The van der Waals surface area contributed by atoms with E-state index in [1.165, 1.54) is 5.56 Å². The zero-order valence-corrected chi connectivity index (χ0v) is 11.2. The van der Waals surface area contributed by atoms with E-state index < -0.39 is 0 Å². The summed E-state index contributed by atoms with van der Waals surface area (Å²) in [5.74, 6) is 0. The van der Waals surface area contributed by atoms with Gasteiger partial charge in [-0.1, -0.05) is 12.1 Å². The second-order valence-corrected chi connectivity index (χ2v) is 4.86. The minimum Gasteiger partial charge on any atom is -0.472 e. The highest BCUT2D eigenvalue weighted by Crippen LogP contribution is 2.19. The fraction of sp³-hybridized carbons (Fsp3) is 0.333. The Morgan fingerprint density at radius 1 is 1.17 bits per heavy atom. The van der Waals surface area contributed by atoms with Crippen molar-refractivity contribution >= 4 is 5.69 Å². The zero-order valence-electron chi connectivity index (χ0n) is 11.2. The molecule has 0 saturated heterocycles. The predicted octanol–water partition coefficient (Wildman–Crippen LogP) is 3.51. The molecule has 1 N–H and O–H groups in total. The first-order chi connectivity index (χ1) is 8.65. The van der Waals surface area contributed by atoms with Crippen LogP contribution in [0.2, 0.25) is 0 Å². The van der Waals surface area contributed by atoms with E-state index in [-0.39, 0.29) is 6.04 Å². The average molecular weight is 244 g/mol. The Labute approximate surface area is 108 Å². The molecule has 0 aliphatic heterocycles. The van der Waals surface area contributed by atoms with Gasteiger partial charge in [0.1, 0.15) is 0 Å². The maximum absolute atomic E-state index is 5.09. The molecule has 2 aromatic rings. The highest BCUT2D eigenvalue weighted by atomic mass is 16.3. The van der Waals surface area contributed by atoms with Gasteiger partial charge in [0.2, 0.25) is 0 Å². The zero-order chi connectivity index (χ0) is 13.0. The topological polar surface area (TPSA) is 28.4 Å². The molecule has 18 heavy (non-hydrogen) atoms. The lowest BCUT2D eigenvalue weighted by Crippen LogP contribution is -2.10. The summed E-state index contributed by atoms with van der Waals surface area (Å²) in [5, 5.41) is 3.45. The van der Waals surface area contributed by atoms with Crippen molar-refractivity contribution in [3.63, 3.8) is 0 Å². The fourth-order valence-electron chi connectivity index (χ4n) is 1.93. The van der Waals surface area contributed by atoms with Gasteiger partial charge in [0.05, 0.1) is 18.6 Å². The standard InChI is InChI=1S/C15H20N2O/c1-12(14-8-9-18-11-14)16-15-6-4-13(5-7-15)10-17(2)3/h4-9,11-12,16H,10H2,1-3H3. The van der Waals surface area contributed by atoms with Crippen molar-refractivity contribution in [1.29, 1.82) is 0 Å². The highest BCUT2D eigenvalue weighted by molar-refractivity contribution is 5.46. The molecule has 1 atom stereocenters. The van der Waals surface area contributed by atoms with Gasteiger partial charge >= 0.3 is 0 Å². The third kappa shape index (κ3) is 3.37. The normalized spacial score (nSPS) is 12.7. The van der Waals surface area contributed by atoms with Crippen molar-refractivity contribution in [3.05, 3.63) is 54.0 Å². The Balaban J connectivity index is 1.98. The van der Waals surface area contributed by atoms with Crippen LogP contribution in [0.5, 0.6) is 0 Å². The number of nitrogens with zero attached hydrogens (tertiary/aromatic N) is 1. The second-order valence-electron chi connectivity index (χ2n) is 4.86. The van der Waals surface area contributed by atoms with Crippen LogP contribution in [-0.4, -0.2) is 19.0 Å². The SMILES string of the molecule is CC(Nc1ccc(CN(C)C)cc1)c1ccoc1. The number of rotatable bonds is 5. The van der Waals surface area contributed by atoms with Gasteiger partial charge in [-0.25, -0.2) is 0 Å². The first kappa shape index (κ1) is 12.7. The van der Waals surface area contributed by atoms with E-state index >= 15 is 0 Å². The largest absolute Gasteiger partial charge is 0.472 e. The quantitative estimate of drug-likeness (QED) is 0.872. The molecule has 1 heterocycles. The van der Waals surface area contributed by atoms with Gasteiger partial charge in [-0.05, 0) is 44.8 Å². The molecule has 1 unspecified atom stereocenters. The summed E-state index contributed by atoms with van der Waals surface area (Å²) >= 11 is 0. The smallest absolute Gasteiger partial charge is 0.0955 e. The summed E-state index contributed by atoms with van der Waals surface area (Å²) in [6.07, 6.45) is 3.48. The Hall–Kier alpha value is -1.74. The van der Waals surface area contributed by atoms with Crippen LogP contribution in [0, 0.1) is 0 Å². The lowest BCUT2D eigenvalue weighted by atomic mass is 10.1. The molecule has 96 valence electrons. The molecule has 3 heteroatoms. The number of furan rings is 1. The van der Waals surface area contributed by atoms with E-state index in [9.17, 15) is 0 Å². The van der Waals surface area contributed by atoms with E-state index in [1.54, 1.807) is 12.5 Å². The first-order valence-electron chi connectivity index (χ1n) is 6.17. The molecular weight excluding hydrogens is 224 g/mol. The third-order valence-electron chi connectivity index (χ3n) is 2.88. The Kier molecular flexibility index (Phi) is 4.05. The average Bonchev–Trinajstić information content (AvgIpc) is 2.84. The molecule has 0 aliphatic rings. The van der Waals surface area contributed by atoms with Crippen molar-refractivity contribution in [1.82, 2.24) is 4.90 Å². The van der Waals surface area contributed by atoms with E-state index in [1.807, 2.05) is 6.07 Å². The molecule has 1 aromatic heterocycles. The summed E-state index contributed by atoms with van der Waals surface area (Å²) in [6, 6.07) is 10.8. The number of anilines is 1. The van der Waals surface area contributed by atoms with Crippen LogP contribution < -0.4 is 5.32 Å².